The van der Waals surface area contributed by atoms with Crippen LogP contribution in [0.3, 0.4) is 0 Å². The number of hydrogen-bond acceptors (Lipinski definition) is 5. The Labute approximate surface area is 126 Å². The Hall–Kier alpha value is -1.54. The van der Waals surface area contributed by atoms with Gasteiger partial charge >= 0.3 is 5.69 Å². The molecule has 0 spiro atoms. The quantitative estimate of drug-likeness (QED) is 0.766. The molecule has 2 aromatic rings. The molecule has 21 heavy (non-hydrogen) atoms. The van der Waals surface area contributed by atoms with Crippen molar-refractivity contribution in [3.8, 4) is 0 Å². The average molecular weight is 312 g/mol. The second-order valence-corrected chi connectivity index (χ2v) is 6.04. The van der Waals surface area contributed by atoms with Gasteiger partial charge in [-0.25, -0.2) is 9.78 Å². The number of hydrogen-bond donors (Lipinski definition) is 2. The molecule has 0 aliphatic carbocycles. The predicted molar refractivity (Wildman–Crippen MR) is 82.9 cm³/mol. The third-order valence-corrected chi connectivity index (χ3v) is 4.38. The van der Waals surface area contributed by atoms with Crippen LogP contribution >= 0.6 is 11.8 Å². The molecule has 0 radical (unpaired) electrons. The molecule has 1 unspecified atom stereocenters. The molecule has 0 amide bonds. The SMILES string of the molecule is CCCCn1c(SCC(C)O)nc2c1c(=O)[nH]c(=O)n2C. The molecule has 0 bridgehead atoms. The summed E-state index contributed by atoms with van der Waals surface area (Å²) in [4.78, 5) is 30.5. The molecule has 8 heteroatoms. The van der Waals surface area contributed by atoms with Gasteiger partial charge in [0.05, 0.1) is 6.10 Å². The number of nitrogens with one attached hydrogen (secondary N) is 1. The van der Waals surface area contributed by atoms with Crippen molar-refractivity contribution in [2.45, 2.75) is 44.5 Å². The van der Waals surface area contributed by atoms with Crippen LogP contribution in [0.4, 0.5) is 0 Å². The van der Waals surface area contributed by atoms with Crippen molar-refractivity contribution in [3.05, 3.63) is 20.8 Å². The predicted octanol–water partition coefficient (Wildman–Crippen LogP) is 0.696. The zero-order valence-electron chi connectivity index (χ0n) is 12.4. The van der Waals surface area contributed by atoms with Gasteiger partial charge in [0.15, 0.2) is 16.3 Å². The molecule has 7 nitrogen and oxygen atoms in total. The van der Waals surface area contributed by atoms with E-state index in [-0.39, 0.29) is 0 Å². The van der Waals surface area contributed by atoms with E-state index in [1.807, 2.05) is 4.57 Å². The largest absolute Gasteiger partial charge is 0.393 e. The standard InChI is InChI=1S/C13H20N4O3S/c1-4-5-6-17-9-10(14-13(17)21-7-8(2)18)16(3)12(20)15-11(9)19/h8,18H,4-7H2,1-3H3,(H,15,19,20). The Bertz CT molecular complexity index is 744. The number of imidazole rings is 1. The van der Waals surface area contributed by atoms with E-state index in [2.05, 4.69) is 16.9 Å². The normalized spacial score (nSPS) is 13.0. The maximum absolute atomic E-state index is 12.1. The third kappa shape index (κ3) is 3.21. The van der Waals surface area contributed by atoms with Gasteiger partial charge in [-0.05, 0) is 13.3 Å². The Morgan fingerprint density at radius 2 is 2.14 bits per heavy atom. The van der Waals surface area contributed by atoms with E-state index in [0.29, 0.717) is 28.6 Å². The van der Waals surface area contributed by atoms with E-state index < -0.39 is 17.4 Å². The third-order valence-electron chi connectivity index (χ3n) is 3.16. The van der Waals surface area contributed by atoms with Gasteiger partial charge in [0.1, 0.15) is 0 Å². The molecule has 116 valence electrons. The summed E-state index contributed by atoms with van der Waals surface area (Å²) in [5.41, 5.74) is -0.0908. The monoisotopic (exact) mass is 312 g/mol. The van der Waals surface area contributed by atoms with Gasteiger partial charge in [0.2, 0.25) is 0 Å². The highest BCUT2D eigenvalue weighted by Crippen LogP contribution is 2.22. The Morgan fingerprint density at radius 3 is 2.76 bits per heavy atom. The zero-order chi connectivity index (χ0) is 15.6. The number of rotatable bonds is 6. The summed E-state index contributed by atoms with van der Waals surface area (Å²) in [5, 5.41) is 10.1. The van der Waals surface area contributed by atoms with Crippen LogP contribution in [0.5, 0.6) is 0 Å². The summed E-state index contributed by atoms with van der Waals surface area (Å²) in [7, 11) is 1.58. The molecule has 0 aliphatic heterocycles. The van der Waals surface area contributed by atoms with Crippen molar-refractivity contribution < 1.29 is 5.11 Å². The van der Waals surface area contributed by atoms with Crippen LogP contribution in [0.15, 0.2) is 14.7 Å². The minimum atomic E-state index is -0.472. The summed E-state index contributed by atoms with van der Waals surface area (Å²) in [6, 6.07) is 0. The molecular formula is C13H20N4O3S. The number of nitrogens with zero attached hydrogens (tertiary/aromatic N) is 3. The summed E-state index contributed by atoms with van der Waals surface area (Å²) < 4.78 is 3.18. The van der Waals surface area contributed by atoms with E-state index in [9.17, 15) is 14.7 Å². The van der Waals surface area contributed by atoms with Crippen molar-refractivity contribution in [1.82, 2.24) is 19.1 Å². The second kappa shape index (κ2) is 6.48. The molecule has 1 atom stereocenters. The van der Waals surface area contributed by atoms with Crippen molar-refractivity contribution in [2.75, 3.05) is 5.75 Å². The molecule has 0 saturated heterocycles. The van der Waals surface area contributed by atoms with E-state index in [4.69, 9.17) is 0 Å². The minimum absolute atomic E-state index is 0.382. The first-order valence-corrected chi connectivity index (χ1v) is 7.94. The molecule has 0 fully saturated rings. The molecule has 2 aromatic heterocycles. The first-order chi connectivity index (χ1) is 9.95. The number of H-pyrrole nitrogens is 1. The fourth-order valence-corrected chi connectivity index (χ4v) is 2.92. The van der Waals surface area contributed by atoms with E-state index >= 15 is 0 Å². The highest BCUT2D eigenvalue weighted by atomic mass is 32.2. The van der Waals surface area contributed by atoms with Crippen LogP contribution in [0.1, 0.15) is 26.7 Å². The van der Waals surface area contributed by atoms with Gasteiger partial charge in [0.25, 0.3) is 5.56 Å². The van der Waals surface area contributed by atoms with Crippen LogP contribution in [0.25, 0.3) is 11.2 Å². The maximum atomic E-state index is 12.1. The fraction of sp³-hybridized carbons (Fsp3) is 0.615. The molecule has 2 heterocycles. The van der Waals surface area contributed by atoms with Gasteiger partial charge in [-0.15, -0.1) is 0 Å². The number of aromatic nitrogens is 4. The van der Waals surface area contributed by atoms with E-state index in [0.717, 1.165) is 12.8 Å². The fourth-order valence-electron chi connectivity index (χ4n) is 2.04. The lowest BCUT2D eigenvalue weighted by Crippen LogP contribution is -2.29. The minimum Gasteiger partial charge on any atom is -0.393 e. The molecule has 0 saturated carbocycles. The van der Waals surface area contributed by atoms with Crippen molar-refractivity contribution >= 4 is 22.9 Å². The highest BCUT2D eigenvalue weighted by molar-refractivity contribution is 7.99. The smallest absolute Gasteiger partial charge is 0.329 e. The van der Waals surface area contributed by atoms with Crippen molar-refractivity contribution in [2.24, 2.45) is 7.05 Å². The van der Waals surface area contributed by atoms with Gasteiger partial charge in [-0.3, -0.25) is 14.3 Å². The van der Waals surface area contributed by atoms with Crippen LogP contribution in [-0.4, -0.2) is 36.1 Å². The number of aromatic amines is 1. The second-order valence-electron chi connectivity index (χ2n) is 5.05. The highest BCUT2D eigenvalue weighted by Gasteiger charge is 2.17. The summed E-state index contributed by atoms with van der Waals surface area (Å²) in [6.45, 7) is 4.44. The zero-order valence-corrected chi connectivity index (χ0v) is 13.2. The number of aliphatic hydroxyl groups excluding tert-OH is 1. The first kappa shape index (κ1) is 15.8. The topological polar surface area (TPSA) is 92.9 Å². The van der Waals surface area contributed by atoms with Crippen molar-refractivity contribution in [1.29, 1.82) is 0 Å². The van der Waals surface area contributed by atoms with Gasteiger partial charge in [-0.1, -0.05) is 25.1 Å². The number of aliphatic hydroxyl groups is 1. The van der Waals surface area contributed by atoms with Gasteiger partial charge in [-0.2, -0.15) is 0 Å². The lowest BCUT2D eigenvalue weighted by atomic mass is 10.3. The number of thioether (sulfide) groups is 1. The van der Waals surface area contributed by atoms with Gasteiger partial charge in [0, 0.05) is 19.3 Å². The summed E-state index contributed by atoms with van der Waals surface area (Å²) >= 11 is 1.39. The van der Waals surface area contributed by atoms with Crippen LogP contribution in [0, 0.1) is 0 Å². The Balaban J connectivity index is 2.61. The van der Waals surface area contributed by atoms with Gasteiger partial charge < -0.3 is 9.67 Å². The van der Waals surface area contributed by atoms with Crippen LogP contribution < -0.4 is 11.2 Å². The molecule has 0 aromatic carbocycles. The maximum Gasteiger partial charge on any atom is 0.329 e. The molecule has 2 rings (SSSR count). The first-order valence-electron chi connectivity index (χ1n) is 6.96. The molecular weight excluding hydrogens is 292 g/mol. The number of fused-ring (bicyclic) bond motifs is 1. The lowest BCUT2D eigenvalue weighted by molar-refractivity contribution is 0.220. The average Bonchev–Trinajstić information content (AvgIpc) is 2.79. The lowest BCUT2D eigenvalue weighted by Gasteiger charge is -2.08. The summed E-state index contributed by atoms with van der Waals surface area (Å²) in [6.07, 6.45) is 1.44. The molecule has 2 N–H and O–H groups in total. The van der Waals surface area contributed by atoms with Crippen LogP contribution in [-0.2, 0) is 13.6 Å². The Kier molecular flexibility index (Phi) is 4.89. The summed E-state index contributed by atoms with van der Waals surface area (Å²) in [5.74, 6) is 0.487. The van der Waals surface area contributed by atoms with Crippen molar-refractivity contribution in [3.63, 3.8) is 0 Å². The van der Waals surface area contributed by atoms with Crippen LogP contribution in [0.2, 0.25) is 0 Å². The number of unbranched alkanes of at least 4 members (excludes halogenated alkanes) is 1. The molecule has 0 aliphatic rings. The number of aryl methyl sites for hydroxylation is 2. The Morgan fingerprint density at radius 1 is 1.43 bits per heavy atom. The van der Waals surface area contributed by atoms with E-state index in [1.165, 1.54) is 16.3 Å². The van der Waals surface area contributed by atoms with E-state index in [1.54, 1.807) is 14.0 Å².